The van der Waals surface area contributed by atoms with Gasteiger partial charge in [-0.05, 0) is 89.2 Å². The molecular formula is C24H19BrN4O2S2. The third-order valence-electron chi connectivity index (χ3n) is 5.78. The Morgan fingerprint density at radius 1 is 1.12 bits per heavy atom. The van der Waals surface area contributed by atoms with Gasteiger partial charge in [-0.25, -0.2) is 4.98 Å². The summed E-state index contributed by atoms with van der Waals surface area (Å²) >= 11 is 11.4. The summed E-state index contributed by atoms with van der Waals surface area (Å²) in [6.45, 7) is 0.231. The lowest BCUT2D eigenvalue weighted by Crippen LogP contribution is -2.00. The minimum atomic E-state index is 0.231. The lowest BCUT2D eigenvalue weighted by atomic mass is 10.0. The molecule has 0 saturated heterocycles. The summed E-state index contributed by atoms with van der Waals surface area (Å²) in [6.07, 6.45) is 4.63. The van der Waals surface area contributed by atoms with E-state index in [-0.39, 0.29) is 6.79 Å². The predicted octanol–water partition coefficient (Wildman–Crippen LogP) is 6.81. The van der Waals surface area contributed by atoms with Gasteiger partial charge in [-0.15, -0.1) is 11.3 Å². The van der Waals surface area contributed by atoms with Gasteiger partial charge in [-0.1, -0.05) is 6.07 Å². The summed E-state index contributed by atoms with van der Waals surface area (Å²) in [5, 5.41) is 2.13. The third kappa shape index (κ3) is 3.80. The fourth-order valence-electron chi connectivity index (χ4n) is 4.25. The Labute approximate surface area is 207 Å². The Kier molecular flexibility index (Phi) is 5.32. The van der Waals surface area contributed by atoms with Gasteiger partial charge in [0.25, 0.3) is 0 Å². The Bertz CT molecular complexity index is 1520. The van der Waals surface area contributed by atoms with E-state index < -0.39 is 0 Å². The van der Waals surface area contributed by atoms with E-state index in [4.69, 9.17) is 21.7 Å². The highest BCUT2D eigenvalue weighted by Gasteiger charge is 2.23. The number of nitrogens with one attached hydrogen (secondary N) is 2. The number of aromatic amines is 2. The molecule has 0 unspecified atom stereocenters. The third-order valence-corrected chi connectivity index (χ3v) is 7.66. The molecule has 4 heterocycles. The van der Waals surface area contributed by atoms with Crippen LogP contribution in [0.4, 0.5) is 0 Å². The van der Waals surface area contributed by atoms with Crippen LogP contribution < -0.4 is 9.47 Å². The van der Waals surface area contributed by atoms with Gasteiger partial charge in [0.1, 0.15) is 0 Å². The zero-order valence-corrected chi connectivity index (χ0v) is 20.6. The molecule has 9 heteroatoms. The van der Waals surface area contributed by atoms with E-state index in [9.17, 15) is 0 Å². The van der Waals surface area contributed by atoms with Gasteiger partial charge in [0, 0.05) is 20.6 Å². The fourth-order valence-corrected chi connectivity index (χ4v) is 5.83. The number of halogens is 1. The summed E-state index contributed by atoms with van der Waals surface area (Å²) in [5.41, 5.74) is 5.98. The first-order valence-electron chi connectivity index (χ1n) is 10.6. The molecule has 5 aromatic rings. The zero-order chi connectivity index (χ0) is 22.4. The van der Waals surface area contributed by atoms with Crippen LogP contribution in [0.25, 0.3) is 28.0 Å². The molecule has 0 atom stereocenters. The highest BCUT2D eigenvalue weighted by molar-refractivity contribution is 9.10. The lowest BCUT2D eigenvalue weighted by Gasteiger charge is -2.13. The van der Waals surface area contributed by atoms with Crippen LogP contribution in [0, 0.1) is 4.77 Å². The highest BCUT2D eigenvalue weighted by atomic mass is 79.9. The standard InChI is InChI=1S/C24H19BrN4O2S2/c25-17-11-22-21(30-13-31-22)10-16(17)23-19(5-1-3-15-4-2-8-33-15)28-24(32)29(23)14-6-7-18-20(9-14)27-12-26-18/h2,4,6-12H,1,3,5,13H2,(H,26,27)(H,28,32). The topological polar surface area (TPSA) is 67.9 Å². The predicted molar refractivity (Wildman–Crippen MR) is 136 cm³/mol. The molecule has 0 aliphatic carbocycles. The number of benzene rings is 2. The van der Waals surface area contributed by atoms with E-state index in [0.29, 0.717) is 4.77 Å². The Hall–Kier alpha value is -2.88. The van der Waals surface area contributed by atoms with Crippen LogP contribution in [0.1, 0.15) is 17.0 Å². The molecule has 0 spiro atoms. The van der Waals surface area contributed by atoms with Crippen molar-refractivity contribution >= 4 is 50.5 Å². The van der Waals surface area contributed by atoms with Gasteiger partial charge in [0.15, 0.2) is 16.3 Å². The second-order valence-electron chi connectivity index (χ2n) is 7.81. The number of rotatable bonds is 6. The molecular weight excluding hydrogens is 520 g/mol. The Morgan fingerprint density at radius 2 is 2.00 bits per heavy atom. The van der Waals surface area contributed by atoms with Crippen LogP contribution in [0.5, 0.6) is 11.5 Å². The molecule has 0 fully saturated rings. The lowest BCUT2D eigenvalue weighted by molar-refractivity contribution is 0.174. The monoisotopic (exact) mass is 538 g/mol. The van der Waals surface area contributed by atoms with Gasteiger partial charge in [0.2, 0.25) is 6.79 Å². The number of imidazole rings is 2. The SMILES string of the molecule is S=c1[nH]c(CCCc2cccs2)c(-c2cc3c(cc2Br)OCO3)n1-c1ccc2nc[nH]c2c1. The van der Waals surface area contributed by atoms with Crippen molar-refractivity contribution in [2.45, 2.75) is 19.3 Å². The van der Waals surface area contributed by atoms with Crippen LogP contribution in [-0.4, -0.2) is 26.3 Å². The number of hydrogen-bond acceptors (Lipinski definition) is 5. The molecule has 2 aromatic carbocycles. The molecule has 0 radical (unpaired) electrons. The highest BCUT2D eigenvalue weighted by Crippen LogP contribution is 2.43. The number of aromatic nitrogens is 4. The van der Waals surface area contributed by atoms with Crippen molar-refractivity contribution in [3.05, 3.63) is 74.0 Å². The number of thiophene rings is 1. The molecule has 166 valence electrons. The van der Waals surface area contributed by atoms with E-state index in [2.05, 4.69) is 59.0 Å². The molecule has 1 aliphatic rings. The first-order chi connectivity index (χ1) is 16.2. The van der Waals surface area contributed by atoms with Gasteiger partial charge >= 0.3 is 0 Å². The van der Waals surface area contributed by atoms with E-state index in [0.717, 1.165) is 68.9 Å². The van der Waals surface area contributed by atoms with Crippen LogP contribution >= 0.6 is 39.5 Å². The van der Waals surface area contributed by atoms with Crippen molar-refractivity contribution in [2.75, 3.05) is 6.79 Å². The molecule has 6 nitrogen and oxygen atoms in total. The molecule has 2 N–H and O–H groups in total. The van der Waals surface area contributed by atoms with Crippen LogP contribution in [0.2, 0.25) is 0 Å². The molecule has 0 saturated carbocycles. The average molecular weight is 539 g/mol. The number of aryl methyl sites for hydroxylation is 2. The summed E-state index contributed by atoms with van der Waals surface area (Å²) in [5.74, 6) is 1.48. The van der Waals surface area contributed by atoms with Gasteiger partial charge in [0.05, 0.1) is 28.7 Å². The van der Waals surface area contributed by atoms with E-state index >= 15 is 0 Å². The minimum Gasteiger partial charge on any atom is -0.454 e. The number of fused-ring (bicyclic) bond motifs is 2. The quantitative estimate of drug-likeness (QED) is 0.233. The molecule has 0 bridgehead atoms. The Morgan fingerprint density at radius 3 is 2.85 bits per heavy atom. The normalized spacial score (nSPS) is 12.6. The largest absolute Gasteiger partial charge is 0.454 e. The van der Waals surface area contributed by atoms with Crippen molar-refractivity contribution < 1.29 is 9.47 Å². The van der Waals surface area contributed by atoms with Gasteiger partial charge in [-0.3, -0.25) is 4.57 Å². The van der Waals surface area contributed by atoms with Crippen LogP contribution in [-0.2, 0) is 12.8 Å². The van der Waals surface area contributed by atoms with E-state index in [1.54, 1.807) is 17.7 Å². The number of H-pyrrole nitrogens is 2. The summed E-state index contributed by atoms with van der Waals surface area (Å²) in [6, 6.07) is 14.4. The molecule has 6 rings (SSSR count). The smallest absolute Gasteiger partial charge is 0.231 e. The van der Waals surface area contributed by atoms with Crippen molar-refractivity contribution in [1.82, 2.24) is 19.5 Å². The van der Waals surface area contributed by atoms with Crippen molar-refractivity contribution in [1.29, 1.82) is 0 Å². The summed E-state index contributed by atoms with van der Waals surface area (Å²) in [4.78, 5) is 12.4. The number of hydrogen-bond donors (Lipinski definition) is 2. The zero-order valence-electron chi connectivity index (χ0n) is 17.4. The molecule has 33 heavy (non-hydrogen) atoms. The summed E-state index contributed by atoms with van der Waals surface area (Å²) < 4.78 is 14.9. The van der Waals surface area contributed by atoms with Gasteiger partial charge < -0.3 is 19.4 Å². The minimum absolute atomic E-state index is 0.231. The Balaban J connectivity index is 1.49. The molecule has 1 aliphatic heterocycles. The maximum Gasteiger partial charge on any atom is 0.231 e. The van der Waals surface area contributed by atoms with Gasteiger partial charge in [-0.2, -0.15) is 0 Å². The maximum atomic E-state index is 5.83. The molecule has 0 amide bonds. The van der Waals surface area contributed by atoms with Crippen molar-refractivity contribution in [3.63, 3.8) is 0 Å². The second-order valence-corrected chi connectivity index (χ2v) is 10.1. The van der Waals surface area contributed by atoms with Crippen LogP contribution in [0.15, 0.2) is 58.6 Å². The second kappa shape index (κ2) is 8.48. The fraction of sp³-hybridized carbons (Fsp3) is 0.167. The van der Waals surface area contributed by atoms with Crippen molar-refractivity contribution in [2.24, 2.45) is 0 Å². The first kappa shape index (κ1) is 20.7. The summed E-state index contributed by atoms with van der Waals surface area (Å²) in [7, 11) is 0. The van der Waals surface area contributed by atoms with E-state index in [1.807, 2.05) is 24.3 Å². The average Bonchev–Trinajstić information content (AvgIpc) is 3.60. The maximum absolute atomic E-state index is 5.83. The van der Waals surface area contributed by atoms with E-state index in [1.165, 1.54) is 4.88 Å². The first-order valence-corrected chi connectivity index (χ1v) is 12.6. The van der Waals surface area contributed by atoms with Crippen LogP contribution in [0.3, 0.4) is 0 Å². The molecule has 3 aromatic heterocycles. The number of ether oxygens (including phenoxy) is 2. The number of nitrogens with zero attached hydrogens (tertiary/aromatic N) is 2. The van der Waals surface area contributed by atoms with Crippen molar-refractivity contribution in [3.8, 4) is 28.4 Å².